The first-order chi connectivity index (χ1) is 13.0. The zero-order valence-electron chi connectivity index (χ0n) is 15.4. The van der Waals surface area contributed by atoms with Crippen molar-refractivity contribution in [3.05, 3.63) is 47.3 Å². The van der Waals surface area contributed by atoms with Crippen LogP contribution in [0.2, 0.25) is 0 Å². The Kier molecular flexibility index (Phi) is 4.57. The number of anilines is 1. The fourth-order valence-corrected chi connectivity index (χ4v) is 3.63. The molecule has 0 radical (unpaired) electrons. The molecule has 27 heavy (non-hydrogen) atoms. The number of aromatic nitrogens is 2. The van der Waals surface area contributed by atoms with Gasteiger partial charge in [0.05, 0.1) is 12.2 Å². The molecule has 3 N–H and O–H groups in total. The minimum absolute atomic E-state index is 0.00622. The van der Waals surface area contributed by atoms with Crippen molar-refractivity contribution in [2.24, 2.45) is 5.73 Å². The molecule has 1 saturated heterocycles. The molecule has 2 amide bonds. The first-order valence-corrected chi connectivity index (χ1v) is 9.25. The summed E-state index contributed by atoms with van der Waals surface area (Å²) in [6.45, 7) is 6.43. The molecule has 8 heteroatoms. The number of benzene rings is 1. The zero-order valence-corrected chi connectivity index (χ0v) is 15.4. The Morgan fingerprint density at radius 1 is 1.15 bits per heavy atom. The van der Waals surface area contributed by atoms with Gasteiger partial charge in [-0.05, 0) is 37.3 Å². The highest BCUT2D eigenvalue weighted by atomic mass is 16.2. The SMILES string of the molecule is CC1Cn2nc(C(=O)N3CCN(c4ccc(C(N)=O)cc4)CC3)cc2CN1. The monoisotopic (exact) mass is 368 g/mol. The number of fused-ring (bicyclic) bond motifs is 1. The van der Waals surface area contributed by atoms with Crippen LogP contribution >= 0.6 is 0 Å². The number of hydrogen-bond donors (Lipinski definition) is 2. The molecule has 0 aliphatic carbocycles. The highest BCUT2D eigenvalue weighted by molar-refractivity contribution is 5.93. The summed E-state index contributed by atoms with van der Waals surface area (Å²) in [5.74, 6) is -0.433. The van der Waals surface area contributed by atoms with Crippen LogP contribution in [-0.2, 0) is 13.1 Å². The van der Waals surface area contributed by atoms with Crippen molar-refractivity contribution in [3.8, 4) is 0 Å². The fraction of sp³-hybridized carbons (Fsp3) is 0.421. The second-order valence-corrected chi connectivity index (χ2v) is 7.18. The predicted molar refractivity (Wildman–Crippen MR) is 102 cm³/mol. The van der Waals surface area contributed by atoms with Crippen molar-refractivity contribution in [3.63, 3.8) is 0 Å². The number of primary amides is 1. The Morgan fingerprint density at radius 2 is 1.85 bits per heavy atom. The van der Waals surface area contributed by atoms with Crippen molar-refractivity contribution in [2.45, 2.75) is 26.1 Å². The van der Waals surface area contributed by atoms with Crippen LogP contribution in [0.3, 0.4) is 0 Å². The van der Waals surface area contributed by atoms with Crippen LogP contribution in [0.4, 0.5) is 5.69 Å². The zero-order chi connectivity index (χ0) is 19.0. The molecule has 0 spiro atoms. The number of carbonyl (C=O) groups excluding carboxylic acids is 2. The Labute approximate surface area is 157 Å². The van der Waals surface area contributed by atoms with E-state index < -0.39 is 5.91 Å². The molecule has 2 aromatic rings. The highest BCUT2D eigenvalue weighted by Gasteiger charge is 2.26. The Balaban J connectivity index is 1.39. The largest absolute Gasteiger partial charge is 0.368 e. The average Bonchev–Trinajstić information content (AvgIpc) is 3.11. The third kappa shape index (κ3) is 3.52. The highest BCUT2D eigenvalue weighted by Crippen LogP contribution is 2.19. The molecule has 0 bridgehead atoms. The number of amides is 2. The van der Waals surface area contributed by atoms with Gasteiger partial charge in [0.1, 0.15) is 0 Å². The lowest BCUT2D eigenvalue weighted by atomic mass is 10.1. The number of carbonyl (C=O) groups is 2. The lowest BCUT2D eigenvalue weighted by Gasteiger charge is -2.35. The van der Waals surface area contributed by atoms with E-state index in [1.54, 1.807) is 12.1 Å². The van der Waals surface area contributed by atoms with Crippen LogP contribution < -0.4 is 16.0 Å². The summed E-state index contributed by atoms with van der Waals surface area (Å²) in [5.41, 5.74) is 8.40. The summed E-state index contributed by atoms with van der Waals surface area (Å²) in [6.07, 6.45) is 0. The van der Waals surface area contributed by atoms with Crippen molar-refractivity contribution < 1.29 is 9.59 Å². The Hall–Kier alpha value is -2.87. The molecule has 3 heterocycles. The second-order valence-electron chi connectivity index (χ2n) is 7.18. The molecule has 1 fully saturated rings. The average molecular weight is 368 g/mol. The normalized spacial score (nSPS) is 19.7. The van der Waals surface area contributed by atoms with Crippen LogP contribution in [0.5, 0.6) is 0 Å². The van der Waals surface area contributed by atoms with E-state index in [4.69, 9.17) is 5.73 Å². The lowest BCUT2D eigenvalue weighted by Crippen LogP contribution is -2.49. The minimum Gasteiger partial charge on any atom is -0.368 e. The van der Waals surface area contributed by atoms with E-state index in [1.165, 1.54) is 0 Å². The molecule has 2 aliphatic rings. The van der Waals surface area contributed by atoms with Gasteiger partial charge in [0, 0.05) is 50.0 Å². The summed E-state index contributed by atoms with van der Waals surface area (Å²) < 4.78 is 1.94. The predicted octanol–water partition coefficient (Wildman–Crippen LogP) is 0.436. The number of nitrogens with two attached hydrogens (primary N) is 1. The molecule has 8 nitrogen and oxygen atoms in total. The number of nitrogens with one attached hydrogen (secondary N) is 1. The van der Waals surface area contributed by atoms with Crippen LogP contribution in [0, 0.1) is 0 Å². The van der Waals surface area contributed by atoms with Crippen molar-refractivity contribution in [1.29, 1.82) is 0 Å². The van der Waals surface area contributed by atoms with Crippen LogP contribution in [0.15, 0.2) is 30.3 Å². The van der Waals surface area contributed by atoms with Crippen LogP contribution in [0.1, 0.15) is 33.5 Å². The molecule has 2 aliphatic heterocycles. The van der Waals surface area contributed by atoms with Gasteiger partial charge in [0.15, 0.2) is 5.69 Å². The third-order valence-electron chi connectivity index (χ3n) is 5.24. The van der Waals surface area contributed by atoms with Gasteiger partial charge in [0.2, 0.25) is 5.91 Å². The summed E-state index contributed by atoms with van der Waals surface area (Å²) in [5, 5.41) is 7.89. The number of hydrogen-bond acceptors (Lipinski definition) is 5. The molecule has 0 saturated carbocycles. The number of piperazine rings is 1. The van der Waals surface area contributed by atoms with E-state index >= 15 is 0 Å². The maximum Gasteiger partial charge on any atom is 0.274 e. The minimum atomic E-state index is -0.427. The summed E-state index contributed by atoms with van der Waals surface area (Å²) in [4.78, 5) is 28.1. The van der Waals surface area contributed by atoms with Gasteiger partial charge < -0.3 is 20.9 Å². The van der Waals surface area contributed by atoms with Gasteiger partial charge >= 0.3 is 0 Å². The molecular weight excluding hydrogens is 344 g/mol. The Morgan fingerprint density at radius 3 is 2.52 bits per heavy atom. The maximum atomic E-state index is 12.8. The van der Waals surface area contributed by atoms with Gasteiger partial charge in [-0.1, -0.05) is 0 Å². The number of rotatable bonds is 3. The fourth-order valence-electron chi connectivity index (χ4n) is 3.63. The molecule has 1 aromatic heterocycles. The quantitative estimate of drug-likeness (QED) is 0.819. The van der Waals surface area contributed by atoms with Crippen LogP contribution in [-0.4, -0.2) is 58.7 Å². The van der Waals surface area contributed by atoms with Crippen molar-refractivity contribution >= 4 is 17.5 Å². The van der Waals surface area contributed by atoms with Crippen molar-refractivity contribution in [2.75, 3.05) is 31.1 Å². The number of nitrogens with zero attached hydrogens (tertiary/aromatic N) is 4. The first kappa shape index (κ1) is 17.5. The standard InChI is InChI=1S/C19H24N6O2/c1-13-12-25-16(11-21-13)10-17(22-25)19(27)24-8-6-23(7-9-24)15-4-2-14(3-5-15)18(20)26/h2-5,10,13,21H,6-9,11-12H2,1H3,(H2,20,26). The maximum absolute atomic E-state index is 12.8. The van der Waals surface area contributed by atoms with E-state index in [9.17, 15) is 9.59 Å². The topological polar surface area (TPSA) is 96.5 Å². The van der Waals surface area contributed by atoms with Gasteiger partial charge in [-0.2, -0.15) is 5.10 Å². The Bertz CT molecular complexity index is 852. The van der Waals surface area contributed by atoms with Gasteiger partial charge in [-0.25, -0.2) is 0 Å². The molecule has 142 valence electrons. The molecule has 1 atom stereocenters. The van der Waals surface area contributed by atoms with Gasteiger partial charge in [0.25, 0.3) is 5.91 Å². The third-order valence-corrected chi connectivity index (χ3v) is 5.24. The van der Waals surface area contributed by atoms with Crippen molar-refractivity contribution in [1.82, 2.24) is 20.0 Å². The molecular formula is C19H24N6O2. The van der Waals surface area contributed by atoms with Crippen LogP contribution in [0.25, 0.3) is 0 Å². The van der Waals surface area contributed by atoms with Gasteiger partial charge in [-0.15, -0.1) is 0 Å². The van der Waals surface area contributed by atoms with Gasteiger partial charge in [-0.3, -0.25) is 14.3 Å². The van der Waals surface area contributed by atoms with E-state index in [0.29, 0.717) is 30.4 Å². The lowest BCUT2D eigenvalue weighted by molar-refractivity contribution is 0.0739. The second kappa shape index (κ2) is 7.03. The summed E-state index contributed by atoms with van der Waals surface area (Å²) in [6, 6.07) is 9.53. The van der Waals surface area contributed by atoms with E-state index in [1.807, 2.05) is 27.8 Å². The molecule has 4 rings (SSSR count). The van der Waals surface area contributed by atoms with E-state index in [0.717, 1.165) is 37.6 Å². The summed E-state index contributed by atoms with van der Waals surface area (Å²) >= 11 is 0. The van der Waals surface area contributed by atoms with E-state index in [2.05, 4.69) is 22.2 Å². The molecule has 1 unspecified atom stereocenters. The molecule has 1 aromatic carbocycles. The van der Waals surface area contributed by atoms with E-state index in [-0.39, 0.29) is 5.91 Å². The first-order valence-electron chi connectivity index (χ1n) is 9.25. The smallest absolute Gasteiger partial charge is 0.274 e. The summed E-state index contributed by atoms with van der Waals surface area (Å²) in [7, 11) is 0.